The smallest absolute Gasteiger partial charge is 0.251 e. The SMILES string of the molecule is CN(C)CCCCCNC(=O)c1ccccc1. The predicted molar refractivity (Wildman–Crippen MR) is 71.2 cm³/mol. The second-order valence-electron chi connectivity index (χ2n) is 4.49. The topological polar surface area (TPSA) is 32.3 Å². The van der Waals surface area contributed by atoms with Gasteiger partial charge in [-0.3, -0.25) is 4.79 Å². The molecule has 0 aliphatic heterocycles. The van der Waals surface area contributed by atoms with Crippen molar-refractivity contribution < 1.29 is 4.79 Å². The molecule has 1 rings (SSSR count). The van der Waals surface area contributed by atoms with Crippen LogP contribution in [0, 0.1) is 0 Å². The van der Waals surface area contributed by atoms with Crippen LogP contribution in [0.15, 0.2) is 30.3 Å². The van der Waals surface area contributed by atoms with Crippen LogP contribution in [0.4, 0.5) is 0 Å². The van der Waals surface area contributed by atoms with E-state index in [4.69, 9.17) is 0 Å². The second-order valence-corrected chi connectivity index (χ2v) is 4.49. The van der Waals surface area contributed by atoms with Crippen molar-refractivity contribution >= 4 is 5.91 Å². The largest absolute Gasteiger partial charge is 0.352 e. The third-order valence-electron chi connectivity index (χ3n) is 2.60. The standard InChI is InChI=1S/C14H22N2O/c1-16(2)12-8-4-7-11-15-14(17)13-9-5-3-6-10-13/h3,5-6,9-10H,4,7-8,11-12H2,1-2H3,(H,15,17). The molecule has 0 saturated heterocycles. The lowest BCUT2D eigenvalue weighted by Crippen LogP contribution is -2.24. The molecule has 1 aromatic carbocycles. The highest BCUT2D eigenvalue weighted by molar-refractivity contribution is 5.94. The number of nitrogens with zero attached hydrogens (tertiary/aromatic N) is 1. The minimum atomic E-state index is 0.0261. The summed E-state index contributed by atoms with van der Waals surface area (Å²) < 4.78 is 0. The molecule has 3 heteroatoms. The molecular formula is C14H22N2O. The fourth-order valence-corrected chi connectivity index (χ4v) is 1.62. The van der Waals surface area contributed by atoms with E-state index in [0.29, 0.717) is 0 Å². The normalized spacial score (nSPS) is 10.5. The van der Waals surface area contributed by atoms with Crippen molar-refractivity contribution in [2.75, 3.05) is 27.2 Å². The van der Waals surface area contributed by atoms with Crippen molar-refractivity contribution in [3.8, 4) is 0 Å². The maximum Gasteiger partial charge on any atom is 0.251 e. The molecule has 94 valence electrons. The van der Waals surface area contributed by atoms with Crippen molar-refractivity contribution in [1.82, 2.24) is 10.2 Å². The van der Waals surface area contributed by atoms with Gasteiger partial charge in [-0.1, -0.05) is 24.6 Å². The lowest BCUT2D eigenvalue weighted by atomic mass is 10.2. The van der Waals surface area contributed by atoms with Gasteiger partial charge in [0.25, 0.3) is 5.91 Å². The van der Waals surface area contributed by atoms with Crippen LogP contribution in [0.25, 0.3) is 0 Å². The highest BCUT2D eigenvalue weighted by atomic mass is 16.1. The van der Waals surface area contributed by atoms with Crippen LogP contribution >= 0.6 is 0 Å². The van der Waals surface area contributed by atoms with Crippen LogP contribution in [-0.2, 0) is 0 Å². The molecule has 0 unspecified atom stereocenters. The van der Waals surface area contributed by atoms with E-state index in [-0.39, 0.29) is 5.91 Å². The molecular weight excluding hydrogens is 212 g/mol. The first-order valence-electron chi connectivity index (χ1n) is 6.18. The predicted octanol–water partition coefficient (Wildman–Crippen LogP) is 2.15. The molecule has 0 saturated carbocycles. The van der Waals surface area contributed by atoms with Gasteiger partial charge in [0, 0.05) is 12.1 Å². The average molecular weight is 234 g/mol. The van der Waals surface area contributed by atoms with Crippen molar-refractivity contribution in [3.63, 3.8) is 0 Å². The Balaban J connectivity index is 2.09. The zero-order valence-electron chi connectivity index (χ0n) is 10.8. The molecule has 0 fully saturated rings. The van der Waals surface area contributed by atoms with Crippen LogP contribution in [0.3, 0.4) is 0 Å². The number of amides is 1. The van der Waals surface area contributed by atoms with E-state index in [9.17, 15) is 4.79 Å². The Morgan fingerprint density at radius 1 is 1.12 bits per heavy atom. The second kappa shape index (κ2) is 7.85. The Kier molecular flexibility index (Phi) is 6.33. The molecule has 0 heterocycles. The van der Waals surface area contributed by atoms with E-state index in [2.05, 4.69) is 24.3 Å². The fraction of sp³-hybridized carbons (Fsp3) is 0.500. The molecule has 3 nitrogen and oxygen atoms in total. The van der Waals surface area contributed by atoms with Gasteiger partial charge in [-0.25, -0.2) is 0 Å². The lowest BCUT2D eigenvalue weighted by Gasteiger charge is -2.09. The summed E-state index contributed by atoms with van der Waals surface area (Å²) in [6.07, 6.45) is 3.40. The highest BCUT2D eigenvalue weighted by Crippen LogP contribution is 1.99. The number of unbranched alkanes of at least 4 members (excludes halogenated alkanes) is 2. The van der Waals surface area contributed by atoms with Crippen molar-refractivity contribution in [2.24, 2.45) is 0 Å². The van der Waals surface area contributed by atoms with Gasteiger partial charge in [0.05, 0.1) is 0 Å². The van der Waals surface area contributed by atoms with E-state index in [1.54, 1.807) is 0 Å². The first kappa shape index (κ1) is 13.7. The van der Waals surface area contributed by atoms with Gasteiger partial charge in [0.2, 0.25) is 0 Å². The molecule has 0 spiro atoms. The molecule has 0 bridgehead atoms. The van der Waals surface area contributed by atoms with Crippen molar-refractivity contribution in [1.29, 1.82) is 0 Å². The quantitative estimate of drug-likeness (QED) is 0.733. The third-order valence-corrected chi connectivity index (χ3v) is 2.60. The molecule has 1 amide bonds. The van der Waals surface area contributed by atoms with Crippen LogP contribution in [0.5, 0.6) is 0 Å². The van der Waals surface area contributed by atoms with Crippen LogP contribution < -0.4 is 5.32 Å². The van der Waals surface area contributed by atoms with E-state index < -0.39 is 0 Å². The molecule has 1 aromatic rings. The Hall–Kier alpha value is -1.35. The summed E-state index contributed by atoms with van der Waals surface area (Å²) in [6.45, 7) is 1.88. The van der Waals surface area contributed by atoms with E-state index >= 15 is 0 Å². The summed E-state index contributed by atoms with van der Waals surface area (Å²) in [5.74, 6) is 0.0261. The molecule has 1 N–H and O–H groups in total. The lowest BCUT2D eigenvalue weighted by molar-refractivity contribution is 0.0953. The van der Waals surface area contributed by atoms with Gasteiger partial charge in [0.15, 0.2) is 0 Å². The third kappa shape index (κ3) is 6.07. The summed E-state index contributed by atoms with van der Waals surface area (Å²) in [4.78, 5) is 13.8. The van der Waals surface area contributed by atoms with Gasteiger partial charge >= 0.3 is 0 Å². The maximum atomic E-state index is 11.7. The van der Waals surface area contributed by atoms with Gasteiger partial charge in [-0.2, -0.15) is 0 Å². The Morgan fingerprint density at radius 3 is 2.47 bits per heavy atom. The van der Waals surface area contributed by atoms with Gasteiger partial charge in [-0.15, -0.1) is 0 Å². The minimum absolute atomic E-state index is 0.0261. The number of benzene rings is 1. The van der Waals surface area contributed by atoms with Crippen LogP contribution in [0.2, 0.25) is 0 Å². The Morgan fingerprint density at radius 2 is 1.82 bits per heavy atom. The van der Waals surface area contributed by atoms with Crippen LogP contribution in [-0.4, -0.2) is 38.0 Å². The summed E-state index contributed by atoms with van der Waals surface area (Å²) in [5, 5.41) is 2.93. The number of hydrogen-bond donors (Lipinski definition) is 1. The first-order valence-corrected chi connectivity index (χ1v) is 6.18. The monoisotopic (exact) mass is 234 g/mol. The number of carbonyl (C=O) groups excluding carboxylic acids is 1. The maximum absolute atomic E-state index is 11.7. The first-order chi connectivity index (χ1) is 8.20. The van der Waals surface area contributed by atoms with Crippen molar-refractivity contribution in [2.45, 2.75) is 19.3 Å². The van der Waals surface area contributed by atoms with E-state index in [1.807, 2.05) is 30.3 Å². The minimum Gasteiger partial charge on any atom is -0.352 e. The van der Waals surface area contributed by atoms with Gasteiger partial charge < -0.3 is 10.2 Å². The molecule has 0 radical (unpaired) electrons. The van der Waals surface area contributed by atoms with E-state index in [1.165, 1.54) is 6.42 Å². The summed E-state index contributed by atoms with van der Waals surface area (Å²) >= 11 is 0. The summed E-state index contributed by atoms with van der Waals surface area (Å²) in [5.41, 5.74) is 0.737. The summed E-state index contributed by atoms with van der Waals surface area (Å²) in [6, 6.07) is 9.35. The van der Waals surface area contributed by atoms with Crippen molar-refractivity contribution in [3.05, 3.63) is 35.9 Å². The zero-order valence-corrected chi connectivity index (χ0v) is 10.8. The number of rotatable bonds is 7. The number of nitrogens with one attached hydrogen (secondary N) is 1. The van der Waals surface area contributed by atoms with Crippen LogP contribution in [0.1, 0.15) is 29.6 Å². The highest BCUT2D eigenvalue weighted by Gasteiger charge is 2.02. The molecule has 0 aliphatic rings. The summed E-state index contributed by atoms with van der Waals surface area (Å²) in [7, 11) is 4.16. The Bertz CT molecular complexity index is 322. The number of carbonyl (C=O) groups is 1. The van der Waals surface area contributed by atoms with Gasteiger partial charge in [-0.05, 0) is 45.6 Å². The molecule has 0 aliphatic carbocycles. The molecule has 0 aromatic heterocycles. The number of hydrogen-bond acceptors (Lipinski definition) is 2. The average Bonchev–Trinajstić information content (AvgIpc) is 2.34. The molecule has 17 heavy (non-hydrogen) atoms. The van der Waals surface area contributed by atoms with E-state index in [0.717, 1.165) is 31.5 Å². The fourth-order valence-electron chi connectivity index (χ4n) is 1.62. The zero-order chi connectivity index (χ0) is 12.5. The Labute approximate surface area is 104 Å². The molecule has 0 atom stereocenters. The van der Waals surface area contributed by atoms with Gasteiger partial charge in [0.1, 0.15) is 0 Å².